The molecule has 0 atom stereocenters. The molecule has 0 fully saturated rings. The van der Waals surface area contributed by atoms with Crippen molar-refractivity contribution in [1.29, 1.82) is 0 Å². The Labute approximate surface area is 143 Å². The van der Waals surface area contributed by atoms with Crippen molar-refractivity contribution in [2.75, 3.05) is 24.5 Å². The molecule has 0 aliphatic carbocycles. The fraction of sp³-hybridized carbons (Fsp3) is 0.368. The van der Waals surface area contributed by atoms with Crippen LogP contribution in [-0.2, 0) is 6.61 Å². The fourth-order valence-corrected chi connectivity index (χ4v) is 2.54. The number of aliphatic hydroxyl groups excluding tert-OH is 1. The molecule has 0 radical (unpaired) electrons. The summed E-state index contributed by atoms with van der Waals surface area (Å²) in [4.78, 5) is 10.8. The van der Waals surface area contributed by atoms with E-state index in [-0.39, 0.29) is 12.4 Å². The van der Waals surface area contributed by atoms with Crippen molar-refractivity contribution >= 4 is 11.9 Å². The van der Waals surface area contributed by atoms with E-state index in [1.165, 1.54) is 5.69 Å². The first-order chi connectivity index (χ1) is 11.7. The number of anilines is 1. The van der Waals surface area contributed by atoms with Crippen molar-refractivity contribution in [3.63, 3.8) is 0 Å². The highest BCUT2D eigenvalue weighted by molar-refractivity contribution is 5.85. The second-order valence-corrected chi connectivity index (χ2v) is 5.59. The number of aliphatic imine (C=N–C) groups is 1. The van der Waals surface area contributed by atoms with Crippen molar-refractivity contribution < 1.29 is 10.2 Å². The number of rotatable bonds is 8. The minimum absolute atomic E-state index is 0.0878. The first kappa shape index (κ1) is 17.9. The maximum absolute atomic E-state index is 10.1. The summed E-state index contributed by atoms with van der Waals surface area (Å²) in [6.45, 7) is 6.24. The van der Waals surface area contributed by atoms with Gasteiger partial charge in [-0.15, -0.1) is 0 Å². The highest BCUT2D eigenvalue weighted by Gasteiger charge is 2.09. The molecule has 0 saturated carbocycles. The van der Waals surface area contributed by atoms with Gasteiger partial charge in [0.15, 0.2) is 0 Å². The van der Waals surface area contributed by atoms with Gasteiger partial charge in [0.25, 0.3) is 0 Å². The lowest BCUT2D eigenvalue weighted by atomic mass is 10.1. The van der Waals surface area contributed by atoms with Crippen LogP contribution in [0.1, 0.15) is 30.2 Å². The number of hydrogen-bond acceptors (Lipinski definition) is 5. The number of nitrogens with zero attached hydrogens (tertiary/aromatic N) is 3. The molecule has 2 N–H and O–H groups in total. The van der Waals surface area contributed by atoms with E-state index in [0.717, 1.165) is 19.5 Å². The SMILES string of the molecule is CCN(CCCN=Cc1c(CO)cnc(C)c1O)c1ccccc1. The number of hydrogen-bond donors (Lipinski definition) is 2. The van der Waals surface area contributed by atoms with Crippen molar-refractivity contribution in [3.05, 3.63) is 53.3 Å². The Balaban J connectivity index is 1.92. The minimum atomic E-state index is -0.167. The molecule has 128 valence electrons. The maximum Gasteiger partial charge on any atom is 0.145 e. The Bertz CT molecular complexity index is 672. The van der Waals surface area contributed by atoms with E-state index in [2.05, 4.69) is 33.9 Å². The van der Waals surface area contributed by atoms with Gasteiger partial charge >= 0.3 is 0 Å². The van der Waals surface area contributed by atoms with Gasteiger partial charge < -0.3 is 15.1 Å². The van der Waals surface area contributed by atoms with E-state index in [4.69, 9.17) is 0 Å². The second kappa shape index (κ2) is 9.03. The lowest BCUT2D eigenvalue weighted by Crippen LogP contribution is -2.24. The molecule has 0 spiro atoms. The molecule has 1 heterocycles. The van der Waals surface area contributed by atoms with Gasteiger partial charge in [-0.25, -0.2) is 0 Å². The molecular formula is C19H25N3O2. The summed E-state index contributed by atoms with van der Waals surface area (Å²) in [5.41, 5.74) is 2.89. The van der Waals surface area contributed by atoms with E-state index in [0.29, 0.717) is 23.4 Å². The van der Waals surface area contributed by atoms with Crippen LogP contribution in [0.25, 0.3) is 0 Å². The fourth-order valence-electron chi connectivity index (χ4n) is 2.54. The Morgan fingerprint density at radius 2 is 2.00 bits per heavy atom. The first-order valence-electron chi connectivity index (χ1n) is 8.25. The molecule has 0 aliphatic heterocycles. The maximum atomic E-state index is 10.1. The Morgan fingerprint density at radius 3 is 2.67 bits per heavy atom. The van der Waals surface area contributed by atoms with E-state index in [1.54, 1.807) is 19.3 Å². The van der Waals surface area contributed by atoms with Crippen LogP contribution in [-0.4, -0.2) is 41.0 Å². The van der Waals surface area contributed by atoms with Crippen molar-refractivity contribution in [1.82, 2.24) is 4.98 Å². The van der Waals surface area contributed by atoms with Crippen LogP contribution >= 0.6 is 0 Å². The molecule has 2 rings (SSSR count). The lowest BCUT2D eigenvalue weighted by Gasteiger charge is -2.22. The predicted molar refractivity (Wildman–Crippen MR) is 98.0 cm³/mol. The quantitative estimate of drug-likeness (QED) is 0.578. The smallest absolute Gasteiger partial charge is 0.145 e. The van der Waals surface area contributed by atoms with E-state index < -0.39 is 0 Å². The molecule has 1 aromatic carbocycles. The number of aliphatic hydroxyl groups is 1. The van der Waals surface area contributed by atoms with Crippen LogP contribution in [0.2, 0.25) is 0 Å². The molecule has 1 aromatic heterocycles. The Kier molecular flexibility index (Phi) is 6.75. The van der Waals surface area contributed by atoms with Crippen LogP contribution in [0, 0.1) is 6.92 Å². The number of aromatic hydroxyl groups is 1. The van der Waals surface area contributed by atoms with E-state index in [1.807, 2.05) is 18.2 Å². The van der Waals surface area contributed by atoms with Crippen molar-refractivity contribution in [2.45, 2.75) is 26.9 Å². The van der Waals surface area contributed by atoms with Crippen LogP contribution < -0.4 is 4.90 Å². The number of benzene rings is 1. The van der Waals surface area contributed by atoms with Gasteiger partial charge in [0.1, 0.15) is 5.75 Å². The monoisotopic (exact) mass is 327 g/mol. The van der Waals surface area contributed by atoms with Gasteiger partial charge in [0.2, 0.25) is 0 Å². The zero-order chi connectivity index (χ0) is 17.4. The molecule has 0 saturated heterocycles. The molecule has 0 unspecified atom stereocenters. The van der Waals surface area contributed by atoms with Gasteiger partial charge in [-0.2, -0.15) is 0 Å². The normalized spacial score (nSPS) is 11.1. The summed E-state index contributed by atoms with van der Waals surface area (Å²) in [6.07, 6.45) is 4.12. The van der Waals surface area contributed by atoms with Gasteiger partial charge in [0.05, 0.1) is 12.3 Å². The average Bonchev–Trinajstić information content (AvgIpc) is 2.62. The molecule has 0 amide bonds. The van der Waals surface area contributed by atoms with Gasteiger partial charge in [-0.1, -0.05) is 18.2 Å². The topological polar surface area (TPSA) is 69.0 Å². The van der Waals surface area contributed by atoms with E-state index in [9.17, 15) is 10.2 Å². The van der Waals surface area contributed by atoms with Crippen molar-refractivity contribution in [3.8, 4) is 5.75 Å². The zero-order valence-electron chi connectivity index (χ0n) is 14.3. The summed E-state index contributed by atoms with van der Waals surface area (Å²) in [6, 6.07) is 10.3. The highest BCUT2D eigenvalue weighted by atomic mass is 16.3. The van der Waals surface area contributed by atoms with Gasteiger partial charge in [0, 0.05) is 48.9 Å². The predicted octanol–water partition coefficient (Wildman–Crippen LogP) is 2.92. The minimum Gasteiger partial charge on any atom is -0.505 e. The van der Waals surface area contributed by atoms with Crippen LogP contribution in [0.4, 0.5) is 5.69 Å². The largest absolute Gasteiger partial charge is 0.505 e. The number of para-hydroxylation sites is 1. The molecular weight excluding hydrogens is 302 g/mol. The summed E-state index contributed by atoms with van der Waals surface area (Å²) in [5, 5.41) is 19.4. The number of pyridine rings is 1. The molecule has 2 aromatic rings. The van der Waals surface area contributed by atoms with Gasteiger partial charge in [-0.05, 0) is 32.4 Å². The molecule has 0 bridgehead atoms. The molecule has 5 nitrogen and oxygen atoms in total. The Hall–Kier alpha value is -2.40. The average molecular weight is 327 g/mol. The zero-order valence-corrected chi connectivity index (χ0v) is 14.3. The lowest BCUT2D eigenvalue weighted by molar-refractivity contribution is 0.280. The number of aromatic nitrogens is 1. The van der Waals surface area contributed by atoms with Gasteiger partial charge in [-0.3, -0.25) is 9.98 Å². The second-order valence-electron chi connectivity index (χ2n) is 5.59. The molecule has 0 aliphatic rings. The molecule has 5 heteroatoms. The summed E-state index contributed by atoms with van der Waals surface area (Å²) >= 11 is 0. The highest BCUT2D eigenvalue weighted by Crippen LogP contribution is 2.22. The van der Waals surface area contributed by atoms with Crippen LogP contribution in [0.5, 0.6) is 5.75 Å². The summed E-state index contributed by atoms with van der Waals surface area (Å²) < 4.78 is 0. The number of aryl methyl sites for hydroxylation is 1. The van der Waals surface area contributed by atoms with Crippen LogP contribution in [0.15, 0.2) is 41.5 Å². The van der Waals surface area contributed by atoms with Crippen molar-refractivity contribution in [2.24, 2.45) is 4.99 Å². The third-order valence-electron chi connectivity index (χ3n) is 3.97. The summed E-state index contributed by atoms with van der Waals surface area (Å²) in [5.74, 6) is 0.0878. The first-order valence-corrected chi connectivity index (χ1v) is 8.25. The van der Waals surface area contributed by atoms with E-state index >= 15 is 0 Å². The third kappa shape index (κ3) is 4.55. The third-order valence-corrected chi connectivity index (χ3v) is 3.97. The summed E-state index contributed by atoms with van der Waals surface area (Å²) in [7, 11) is 0. The standard InChI is InChI=1S/C19H25N3O2/c1-3-22(17-8-5-4-6-9-17)11-7-10-20-13-18-16(14-23)12-21-15(2)19(18)24/h4-6,8-9,12-13,23-24H,3,7,10-11,14H2,1-2H3. The molecule has 24 heavy (non-hydrogen) atoms. The van der Waals surface area contributed by atoms with Crippen LogP contribution in [0.3, 0.4) is 0 Å². The Morgan fingerprint density at radius 1 is 1.25 bits per heavy atom.